The van der Waals surface area contributed by atoms with Crippen molar-refractivity contribution in [2.75, 3.05) is 11.9 Å². The number of aromatic nitrogens is 2. The number of fused-ring (bicyclic) bond motifs is 1. The molecule has 0 fully saturated rings. The van der Waals surface area contributed by atoms with Gasteiger partial charge < -0.3 is 0 Å². The quantitative estimate of drug-likeness (QED) is 0.630. The second kappa shape index (κ2) is 8.10. The number of halogens is 1. The van der Waals surface area contributed by atoms with Gasteiger partial charge in [0.1, 0.15) is 11.5 Å². The van der Waals surface area contributed by atoms with Crippen LogP contribution < -0.4 is 10.0 Å². The Hall–Kier alpha value is -2.69. The van der Waals surface area contributed by atoms with Crippen LogP contribution in [0.3, 0.4) is 0 Å². The minimum Gasteiger partial charge on any atom is -0.291 e. The lowest BCUT2D eigenvalue weighted by atomic mass is 10.0. The zero-order chi connectivity index (χ0) is 22.3. The van der Waals surface area contributed by atoms with Gasteiger partial charge in [0.2, 0.25) is 15.9 Å². The monoisotopic (exact) mass is 460 g/mol. The van der Waals surface area contributed by atoms with Gasteiger partial charge in [-0.05, 0) is 55.0 Å². The SMILES string of the molecule is Cc1nc(N(C)C(=O)C[C@@H]2Cc3ccc(-c4ncccc4F)cc3C2)sc1S(N)(=O)=O. The van der Waals surface area contributed by atoms with E-state index >= 15 is 0 Å². The lowest BCUT2D eigenvalue weighted by Crippen LogP contribution is -2.28. The van der Waals surface area contributed by atoms with Crippen molar-refractivity contribution in [2.24, 2.45) is 11.1 Å². The van der Waals surface area contributed by atoms with E-state index in [1.165, 1.54) is 11.0 Å². The third kappa shape index (κ3) is 4.36. The van der Waals surface area contributed by atoms with E-state index in [0.717, 1.165) is 34.4 Å². The van der Waals surface area contributed by atoms with Gasteiger partial charge in [0, 0.05) is 25.2 Å². The second-order valence-corrected chi connectivity index (χ2v) is 10.4. The van der Waals surface area contributed by atoms with Gasteiger partial charge in [-0.25, -0.2) is 22.9 Å². The summed E-state index contributed by atoms with van der Waals surface area (Å²) in [6.07, 6.45) is 3.31. The molecule has 162 valence electrons. The Bertz CT molecular complexity index is 1270. The first-order chi connectivity index (χ1) is 14.6. The summed E-state index contributed by atoms with van der Waals surface area (Å²) in [6, 6.07) is 8.70. The Balaban J connectivity index is 1.47. The second-order valence-electron chi connectivity index (χ2n) is 7.66. The third-order valence-corrected chi connectivity index (χ3v) is 8.17. The van der Waals surface area contributed by atoms with E-state index in [4.69, 9.17) is 5.14 Å². The molecule has 1 amide bonds. The highest BCUT2D eigenvalue weighted by molar-refractivity contribution is 7.91. The molecule has 1 aliphatic rings. The number of carbonyl (C=O) groups is 1. The van der Waals surface area contributed by atoms with Gasteiger partial charge in [-0.1, -0.05) is 23.5 Å². The summed E-state index contributed by atoms with van der Waals surface area (Å²) in [5.41, 5.74) is 3.54. The summed E-state index contributed by atoms with van der Waals surface area (Å²) in [5.74, 6) is -0.414. The molecule has 2 N–H and O–H groups in total. The van der Waals surface area contributed by atoms with Crippen LogP contribution in [0.5, 0.6) is 0 Å². The number of primary sulfonamides is 1. The highest BCUT2D eigenvalue weighted by atomic mass is 32.2. The molecule has 7 nitrogen and oxygen atoms in total. The van der Waals surface area contributed by atoms with E-state index in [0.29, 0.717) is 23.7 Å². The molecule has 0 saturated heterocycles. The molecule has 3 aromatic rings. The molecule has 31 heavy (non-hydrogen) atoms. The Morgan fingerprint density at radius 1 is 1.29 bits per heavy atom. The summed E-state index contributed by atoms with van der Waals surface area (Å²) in [5, 5.41) is 5.50. The minimum absolute atomic E-state index is 0.0373. The molecule has 1 aliphatic carbocycles. The van der Waals surface area contributed by atoms with Gasteiger partial charge >= 0.3 is 0 Å². The van der Waals surface area contributed by atoms with Gasteiger partial charge in [-0.15, -0.1) is 0 Å². The number of sulfonamides is 1. The number of nitrogens with two attached hydrogens (primary N) is 1. The Morgan fingerprint density at radius 3 is 2.71 bits per heavy atom. The summed E-state index contributed by atoms with van der Waals surface area (Å²) >= 11 is 0.888. The molecule has 4 rings (SSSR count). The first kappa shape index (κ1) is 21.5. The first-order valence-corrected chi connectivity index (χ1v) is 12.0. The number of hydrogen-bond donors (Lipinski definition) is 1. The molecule has 0 bridgehead atoms. The number of hydrogen-bond acceptors (Lipinski definition) is 6. The molecule has 1 atom stereocenters. The van der Waals surface area contributed by atoms with Gasteiger partial charge in [-0.3, -0.25) is 14.7 Å². The molecular weight excluding hydrogens is 439 g/mol. The van der Waals surface area contributed by atoms with E-state index in [1.54, 1.807) is 26.2 Å². The van der Waals surface area contributed by atoms with Gasteiger partial charge in [0.05, 0.1) is 5.69 Å². The number of anilines is 1. The fourth-order valence-electron chi connectivity index (χ4n) is 3.87. The molecule has 0 aliphatic heterocycles. The maximum Gasteiger partial charge on any atom is 0.249 e. The van der Waals surface area contributed by atoms with Crippen molar-refractivity contribution < 1.29 is 17.6 Å². The van der Waals surface area contributed by atoms with E-state index in [1.807, 2.05) is 18.2 Å². The molecule has 0 radical (unpaired) electrons. The lowest BCUT2D eigenvalue weighted by Gasteiger charge is -2.16. The van der Waals surface area contributed by atoms with E-state index in [-0.39, 0.29) is 27.5 Å². The van der Waals surface area contributed by atoms with Crippen LogP contribution in [0.1, 0.15) is 23.2 Å². The highest BCUT2D eigenvalue weighted by Gasteiger charge is 2.28. The van der Waals surface area contributed by atoms with Crippen molar-refractivity contribution >= 4 is 32.4 Å². The normalized spacial score (nSPS) is 15.7. The summed E-state index contributed by atoms with van der Waals surface area (Å²) in [7, 11) is -2.29. The summed E-state index contributed by atoms with van der Waals surface area (Å²) < 4.78 is 37.3. The third-order valence-electron chi connectivity index (χ3n) is 5.38. The minimum atomic E-state index is -3.87. The average molecular weight is 461 g/mol. The van der Waals surface area contributed by atoms with Crippen molar-refractivity contribution in [1.29, 1.82) is 0 Å². The molecule has 2 heterocycles. The van der Waals surface area contributed by atoms with Crippen LogP contribution in [-0.4, -0.2) is 31.3 Å². The molecule has 1 aromatic carbocycles. The van der Waals surface area contributed by atoms with Crippen LogP contribution in [0.4, 0.5) is 9.52 Å². The Labute approximate surface area is 183 Å². The fraction of sp³-hybridized carbons (Fsp3) is 0.286. The summed E-state index contributed by atoms with van der Waals surface area (Å²) in [4.78, 5) is 22.5. The summed E-state index contributed by atoms with van der Waals surface area (Å²) in [6.45, 7) is 1.55. The maximum absolute atomic E-state index is 14.1. The number of rotatable bonds is 5. The molecule has 2 aromatic heterocycles. The number of pyridine rings is 1. The molecular formula is C21H21FN4O3S2. The number of amides is 1. The predicted octanol–water partition coefficient (Wildman–Crippen LogP) is 3.07. The van der Waals surface area contributed by atoms with Crippen molar-refractivity contribution in [3.8, 4) is 11.3 Å². The smallest absolute Gasteiger partial charge is 0.249 e. The predicted molar refractivity (Wildman–Crippen MR) is 117 cm³/mol. The number of benzene rings is 1. The Morgan fingerprint density at radius 2 is 2.03 bits per heavy atom. The van der Waals surface area contributed by atoms with Gasteiger partial charge in [-0.2, -0.15) is 0 Å². The molecule has 10 heteroatoms. The van der Waals surface area contributed by atoms with Crippen LogP contribution in [0.25, 0.3) is 11.3 Å². The van der Waals surface area contributed by atoms with Crippen molar-refractivity contribution in [3.63, 3.8) is 0 Å². The van der Waals surface area contributed by atoms with Gasteiger partial charge in [0.25, 0.3) is 0 Å². The van der Waals surface area contributed by atoms with Crippen LogP contribution in [0.15, 0.2) is 40.7 Å². The number of thiazole rings is 1. The lowest BCUT2D eigenvalue weighted by molar-refractivity contribution is -0.119. The number of nitrogens with zero attached hydrogens (tertiary/aromatic N) is 3. The van der Waals surface area contributed by atoms with E-state index in [9.17, 15) is 17.6 Å². The zero-order valence-electron chi connectivity index (χ0n) is 17.0. The molecule has 0 saturated carbocycles. The van der Waals surface area contributed by atoms with E-state index < -0.39 is 10.0 Å². The number of aryl methyl sites for hydroxylation is 1. The first-order valence-electron chi connectivity index (χ1n) is 9.63. The van der Waals surface area contributed by atoms with Crippen LogP contribution in [0.2, 0.25) is 0 Å². The maximum atomic E-state index is 14.1. The fourth-order valence-corrected chi connectivity index (χ4v) is 5.79. The molecule has 0 unspecified atom stereocenters. The molecule has 0 spiro atoms. The van der Waals surface area contributed by atoms with Crippen LogP contribution >= 0.6 is 11.3 Å². The van der Waals surface area contributed by atoms with Crippen LogP contribution in [-0.2, 0) is 27.7 Å². The topological polar surface area (TPSA) is 106 Å². The Kier molecular flexibility index (Phi) is 5.63. The number of carbonyl (C=O) groups excluding carboxylic acids is 1. The van der Waals surface area contributed by atoms with Crippen LogP contribution in [0, 0.1) is 18.7 Å². The average Bonchev–Trinajstić information content (AvgIpc) is 3.29. The van der Waals surface area contributed by atoms with Gasteiger partial charge in [0.15, 0.2) is 9.34 Å². The van der Waals surface area contributed by atoms with Crippen molar-refractivity contribution in [3.05, 3.63) is 59.2 Å². The van der Waals surface area contributed by atoms with E-state index in [2.05, 4.69) is 9.97 Å². The zero-order valence-corrected chi connectivity index (χ0v) is 18.6. The standard InChI is InChI=1S/C21H21FN4O3S2/c1-12-20(31(23,28)29)30-21(25-12)26(2)18(27)10-13-8-14-5-6-15(11-16(14)9-13)19-17(22)4-3-7-24-19/h3-7,11,13H,8-10H2,1-2H3,(H2,23,28,29)/t13-/m1/s1. The largest absolute Gasteiger partial charge is 0.291 e. The van der Waals surface area contributed by atoms with Crippen molar-refractivity contribution in [2.45, 2.75) is 30.4 Å². The highest BCUT2D eigenvalue weighted by Crippen LogP contribution is 2.34. The van der Waals surface area contributed by atoms with Crippen molar-refractivity contribution in [1.82, 2.24) is 9.97 Å².